The van der Waals surface area contributed by atoms with Crippen molar-refractivity contribution < 1.29 is 33.0 Å². The van der Waals surface area contributed by atoms with Gasteiger partial charge in [-0.3, -0.25) is 9.69 Å². The number of anilines is 1. The average molecular weight is 444 g/mol. The molecule has 9 heteroatoms. The fraction of sp³-hybridized carbons (Fsp3) is 0.333. The lowest BCUT2D eigenvalue weighted by atomic mass is 9.95. The minimum absolute atomic E-state index is 0.168. The number of fused-ring (bicyclic) bond motifs is 1. The summed E-state index contributed by atoms with van der Waals surface area (Å²) >= 11 is 5.03. The van der Waals surface area contributed by atoms with Crippen LogP contribution >= 0.6 is 11.6 Å². The number of carboxylic acid groups (broad SMARTS) is 2. The highest BCUT2D eigenvalue weighted by molar-refractivity contribution is 6.30. The molecule has 1 aliphatic rings. The second-order valence-corrected chi connectivity index (χ2v) is 8.07. The quantitative estimate of drug-likeness (QED) is 0.598. The summed E-state index contributed by atoms with van der Waals surface area (Å²) in [7, 11) is 1.55. The summed E-state index contributed by atoms with van der Waals surface area (Å²) in [4.78, 5) is 23.0. The smallest absolute Gasteiger partial charge is 0.426 e. The maximum absolute atomic E-state index is 12.1. The first-order valence-electron chi connectivity index (χ1n) is 8.86. The van der Waals surface area contributed by atoms with Gasteiger partial charge in [0.2, 0.25) is 0 Å². The van der Waals surface area contributed by atoms with Gasteiger partial charge in [-0.15, -0.1) is 0 Å². The molecule has 0 spiro atoms. The summed E-state index contributed by atoms with van der Waals surface area (Å²) in [5, 5.41) is 18.4. The first kappa shape index (κ1) is 23.5. The van der Waals surface area contributed by atoms with Crippen LogP contribution in [0.2, 0.25) is 0 Å². The van der Waals surface area contributed by atoms with Gasteiger partial charge in [0.25, 0.3) is 0 Å². The van der Waals surface area contributed by atoms with E-state index in [4.69, 9.17) is 21.8 Å². The van der Waals surface area contributed by atoms with E-state index in [1.807, 2.05) is 36.4 Å². The zero-order valence-corrected chi connectivity index (χ0v) is 17.3. The van der Waals surface area contributed by atoms with E-state index in [0.29, 0.717) is 11.8 Å². The molecular formula is C21H21ClF3NO4. The summed E-state index contributed by atoms with van der Waals surface area (Å²) in [6, 6.07) is 13.4. The van der Waals surface area contributed by atoms with Crippen molar-refractivity contribution >= 4 is 40.1 Å². The number of allylic oxidation sites excluding steroid dienone is 1. The number of carbonyl (C=O) groups is 2. The third-order valence-electron chi connectivity index (χ3n) is 5.24. The number of halogens is 4. The van der Waals surface area contributed by atoms with Crippen LogP contribution in [0.3, 0.4) is 0 Å². The standard InChI is InChI=1S/C12H11NO2.C9H10ClF3O2/c1-13(12(14)15)11-8-4-6-9-5-2-3-7-10(9)11;1-7(2)4-8(7,6(14)15)3-5(10)9(11,12)13/h2-8H,1H3,(H,14,15);3H,4H2,1-2H3,(H,14,15). The fourth-order valence-corrected chi connectivity index (χ4v) is 3.41. The van der Waals surface area contributed by atoms with Crippen molar-refractivity contribution in [2.24, 2.45) is 10.8 Å². The first-order chi connectivity index (χ1) is 13.7. The molecule has 0 radical (unpaired) electrons. The van der Waals surface area contributed by atoms with E-state index in [0.717, 1.165) is 10.8 Å². The zero-order valence-electron chi connectivity index (χ0n) is 16.5. The van der Waals surface area contributed by atoms with Gasteiger partial charge in [0, 0.05) is 12.4 Å². The highest BCUT2D eigenvalue weighted by atomic mass is 35.5. The molecular weight excluding hydrogens is 423 g/mol. The zero-order chi connectivity index (χ0) is 22.9. The number of rotatable bonds is 3. The van der Waals surface area contributed by atoms with Gasteiger partial charge in [-0.25, -0.2) is 4.79 Å². The van der Waals surface area contributed by atoms with E-state index < -0.39 is 34.1 Å². The van der Waals surface area contributed by atoms with Crippen LogP contribution in [0.25, 0.3) is 10.8 Å². The Morgan fingerprint density at radius 2 is 1.63 bits per heavy atom. The van der Waals surface area contributed by atoms with Crippen LogP contribution in [0.15, 0.2) is 53.6 Å². The predicted molar refractivity (Wildman–Crippen MR) is 109 cm³/mol. The molecule has 1 fully saturated rings. The summed E-state index contributed by atoms with van der Waals surface area (Å²) in [6.07, 6.45) is -4.85. The first-order valence-corrected chi connectivity index (χ1v) is 9.24. The summed E-state index contributed by atoms with van der Waals surface area (Å²) in [6.45, 7) is 3.19. The van der Waals surface area contributed by atoms with Crippen molar-refractivity contribution in [2.45, 2.75) is 26.4 Å². The van der Waals surface area contributed by atoms with Crippen molar-refractivity contribution in [2.75, 3.05) is 11.9 Å². The van der Waals surface area contributed by atoms with Gasteiger partial charge in [0.05, 0.1) is 11.1 Å². The summed E-state index contributed by atoms with van der Waals surface area (Å²) in [5.74, 6) is -1.27. The van der Waals surface area contributed by atoms with E-state index in [-0.39, 0.29) is 6.42 Å². The van der Waals surface area contributed by atoms with Gasteiger partial charge in [-0.05, 0) is 29.4 Å². The highest BCUT2D eigenvalue weighted by Gasteiger charge is 2.66. The predicted octanol–water partition coefficient (Wildman–Crippen LogP) is 6.13. The van der Waals surface area contributed by atoms with Gasteiger partial charge in [0.15, 0.2) is 0 Å². The fourth-order valence-electron chi connectivity index (χ4n) is 3.23. The Kier molecular flexibility index (Phi) is 6.42. The molecule has 0 bridgehead atoms. The van der Waals surface area contributed by atoms with E-state index in [9.17, 15) is 22.8 Å². The second kappa shape index (κ2) is 8.18. The van der Waals surface area contributed by atoms with Crippen LogP contribution in [0.1, 0.15) is 20.3 Å². The molecule has 0 saturated heterocycles. The number of hydrogen-bond acceptors (Lipinski definition) is 2. The highest BCUT2D eigenvalue weighted by Crippen LogP contribution is 2.65. The molecule has 1 unspecified atom stereocenters. The van der Waals surface area contributed by atoms with Crippen LogP contribution in [-0.4, -0.2) is 35.5 Å². The topological polar surface area (TPSA) is 77.8 Å². The molecule has 2 aromatic carbocycles. The van der Waals surface area contributed by atoms with Crippen LogP contribution < -0.4 is 4.90 Å². The number of amides is 1. The Morgan fingerprint density at radius 3 is 2.10 bits per heavy atom. The Labute approximate surface area is 176 Å². The van der Waals surface area contributed by atoms with E-state index in [1.54, 1.807) is 27.0 Å². The Balaban J connectivity index is 0.000000214. The van der Waals surface area contributed by atoms with Crippen molar-refractivity contribution in [3.63, 3.8) is 0 Å². The molecule has 0 aromatic heterocycles. The molecule has 30 heavy (non-hydrogen) atoms. The lowest BCUT2D eigenvalue weighted by molar-refractivity contribution is -0.142. The number of aliphatic carboxylic acids is 1. The maximum atomic E-state index is 12.1. The Bertz CT molecular complexity index is 998. The number of alkyl halides is 3. The molecule has 0 aliphatic heterocycles. The maximum Gasteiger partial charge on any atom is 0.426 e. The number of carboxylic acids is 1. The molecule has 1 atom stereocenters. The molecule has 5 nitrogen and oxygen atoms in total. The molecule has 0 heterocycles. The van der Waals surface area contributed by atoms with Gasteiger partial charge < -0.3 is 10.2 Å². The molecule has 1 aliphatic carbocycles. The number of benzene rings is 2. The monoisotopic (exact) mass is 443 g/mol. The van der Waals surface area contributed by atoms with E-state index in [1.165, 1.54) is 4.90 Å². The van der Waals surface area contributed by atoms with Gasteiger partial charge in [-0.2, -0.15) is 13.2 Å². The molecule has 2 aromatic rings. The summed E-state index contributed by atoms with van der Waals surface area (Å²) < 4.78 is 36.4. The average Bonchev–Trinajstić information content (AvgIpc) is 3.22. The van der Waals surface area contributed by atoms with Crippen LogP contribution in [0.4, 0.5) is 23.7 Å². The van der Waals surface area contributed by atoms with Crippen molar-refractivity contribution in [1.29, 1.82) is 0 Å². The lowest BCUT2D eigenvalue weighted by Gasteiger charge is -2.15. The van der Waals surface area contributed by atoms with Crippen molar-refractivity contribution in [3.05, 3.63) is 53.6 Å². The van der Waals surface area contributed by atoms with Crippen LogP contribution in [0.5, 0.6) is 0 Å². The minimum atomic E-state index is -4.68. The minimum Gasteiger partial charge on any atom is -0.481 e. The molecule has 162 valence electrons. The van der Waals surface area contributed by atoms with Crippen LogP contribution in [0, 0.1) is 10.8 Å². The van der Waals surface area contributed by atoms with E-state index in [2.05, 4.69) is 0 Å². The second-order valence-electron chi connectivity index (χ2n) is 7.67. The molecule has 1 saturated carbocycles. The van der Waals surface area contributed by atoms with Gasteiger partial charge >= 0.3 is 18.2 Å². The van der Waals surface area contributed by atoms with Gasteiger partial charge in [0.1, 0.15) is 5.03 Å². The van der Waals surface area contributed by atoms with Crippen molar-refractivity contribution in [3.8, 4) is 0 Å². The lowest BCUT2D eigenvalue weighted by Crippen LogP contribution is -2.23. The van der Waals surface area contributed by atoms with E-state index >= 15 is 0 Å². The third kappa shape index (κ3) is 4.70. The number of hydrogen-bond donors (Lipinski definition) is 2. The number of nitrogens with zero attached hydrogens (tertiary/aromatic N) is 1. The SMILES string of the molecule is CC1(C)CC1(C=C(Cl)C(F)(F)F)C(=O)O.CN(C(=O)O)c1cccc2ccccc12. The largest absolute Gasteiger partial charge is 0.481 e. The molecule has 2 N–H and O–H groups in total. The Morgan fingerprint density at radius 1 is 1.10 bits per heavy atom. The molecule has 1 amide bonds. The summed E-state index contributed by atoms with van der Waals surface area (Å²) in [5.41, 5.74) is -1.44. The van der Waals surface area contributed by atoms with Crippen molar-refractivity contribution in [1.82, 2.24) is 0 Å². The third-order valence-corrected chi connectivity index (χ3v) is 5.57. The normalized spacial score (nSPS) is 20.2. The van der Waals surface area contributed by atoms with Crippen LogP contribution in [-0.2, 0) is 4.79 Å². The molecule has 3 rings (SSSR count). The van der Waals surface area contributed by atoms with Gasteiger partial charge in [-0.1, -0.05) is 61.8 Å². The Hall–Kier alpha value is -2.74.